The van der Waals surface area contributed by atoms with E-state index in [1.165, 1.54) is 93.8 Å². The topological polar surface area (TPSA) is 19.4 Å². The normalized spacial score (nSPS) is 13.2. The first-order valence-corrected chi connectivity index (χ1v) is 31.1. The van der Waals surface area contributed by atoms with Crippen molar-refractivity contribution in [2.24, 2.45) is 0 Å². The van der Waals surface area contributed by atoms with Gasteiger partial charge < -0.3 is 9.80 Å². The summed E-state index contributed by atoms with van der Waals surface area (Å²) in [7, 11) is 0. The Morgan fingerprint density at radius 2 is 0.575 bits per heavy atom. The van der Waals surface area contributed by atoms with Gasteiger partial charge in [-0.05, 0) is 200 Å². The highest BCUT2D eigenvalue weighted by atomic mass is 15.2. The molecule has 14 rings (SSSR count). The van der Waals surface area contributed by atoms with Crippen LogP contribution in [0.5, 0.6) is 0 Å². The van der Waals surface area contributed by atoms with E-state index >= 15 is 0 Å². The minimum atomic E-state index is -0.0987. The van der Waals surface area contributed by atoms with Crippen LogP contribution in [0.3, 0.4) is 0 Å². The number of benzene rings is 11. The Morgan fingerprint density at radius 3 is 0.920 bits per heavy atom. The number of hydrogen-bond acceptors (Lipinski definition) is 3. The van der Waals surface area contributed by atoms with Crippen LogP contribution in [0.25, 0.3) is 77.4 Å². The van der Waals surface area contributed by atoms with E-state index in [4.69, 9.17) is 4.98 Å². The first kappa shape index (κ1) is 55.6. The average molecular weight is 1130 g/mol. The number of fused-ring (bicyclic) bond motifs is 6. The van der Waals surface area contributed by atoms with Gasteiger partial charge in [0.05, 0.1) is 11.4 Å². The molecule has 0 aliphatic carbocycles. The van der Waals surface area contributed by atoms with Crippen molar-refractivity contribution in [3.63, 3.8) is 0 Å². The summed E-state index contributed by atoms with van der Waals surface area (Å²) in [4.78, 5) is 11.0. The highest BCUT2D eigenvalue weighted by Gasteiger charge is 2.44. The lowest BCUT2D eigenvalue weighted by atomic mass is 9.33. The molecule has 0 amide bonds. The molecule has 0 bridgehead atoms. The standard InChI is InChI=1S/C83H76BN3/c1-80(2,3)65-39-63(40-66(51-65)81(4,5)6)73-45-61(46-74(85-73)64-41-67(82(7,8)9)52-68(42-64)83(10,11)12)62-49-77-79-78(50-62)87(70-37-33-56(34-38-70)54-25-17-14-18-26-54)76-48-60-30-22-20-28-58(60)44-72(76)84(79)71-43-57-27-19-21-29-59(57)47-75(71)86(77)69-35-31-55(32-36-69)53-23-15-13-16-24-53/h13-52H,1-12H3. The molecule has 0 radical (unpaired) electrons. The average Bonchev–Trinajstić information content (AvgIpc) is 0.704. The number of hydrogen-bond donors (Lipinski definition) is 0. The molecule has 3 nitrogen and oxygen atoms in total. The van der Waals surface area contributed by atoms with Crippen LogP contribution in [-0.4, -0.2) is 11.7 Å². The highest BCUT2D eigenvalue weighted by Crippen LogP contribution is 2.49. The van der Waals surface area contributed by atoms with Crippen molar-refractivity contribution in [1.82, 2.24) is 4.98 Å². The zero-order valence-electron chi connectivity index (χ0n) is 52.5. The van der Waals surface area contributed by atoms with Gasteiger partial charge in [-0.1, -0.05) is 241 Å². The molecule has 2 aliphatic heterocycles. The molecule has 12 aromatic rings. The summed E-state index contributed by atoms with van der Waals surface area (Å²) >= 11 is 0. The van der Waals surface area contributed by atoms with E-state index in [1.807, 2.05) is 0 Å². The first-order valence-electron chi connectivity index (χ1n) is 31.1. The molecular formula is C83H76BN3. The third-order valence-electron chi connectivity index (χ3n) is 18.3. The molecule has 1 aromatic heterocycles. The van der Waals surface area contributed by atoms with E-state index in [0.717, 1.165) is 56.4 Å². The van der Waals surface area contributed by atoms with Crippen molar-refractivity contribution in [1.29, 1.82) is 0 Å². The Kier molecular flexibility index (Phi) is 13.3. The SMILES string of the molecule is CC(C)(C)c1cc(-c2cc(-c3cc4c5c(c3)N(c3ccc(-c6ccccc6)cc3)c3cc6ccccc6cc3B5c3cc5ccccc5cc3N4c3ccc(-c4ccccc4)cc3)cc(-c3cc(C(C)(C)C)cc(C(C)(C)C)c3)n2)cc(C(C)(C)C)c1. The van der Waals surface area contributed by atoms with Crippen LogP contribution >= 0.6 is 0 Å². The maximum Gasteiger partial charge on any atom is 0.252 e. The van der Waals surface area contributed by atoms with Gasteiger partial charge in [-0.2, -0.15) is 0 Å². The minimum absolute atomic E-state index is 0.0917. The molecule has 3 heterocycles. The monoisotopic (exact) mass is 1130 g/mol. The Labute approximate surface area is 516 Å². The molecular weight excluding hydrogens is 1050 g/mol. The molecule has 0 saturated heterocycles. The Balaban J connectivity index is 1.10. The molecule has 4 heteroatoms. The van der Waals surface area contributed by atoms with E-state index in [2.05, 4.69) is 336 Å². The predicted octanol–water partition coefficient (Wildman–Crippen LogP) is 21.0. The number of pyridine rings is 1. The summed E-state index contributed by atoms with van der Waals surface area (Å²) < 4.78 is 0. The van der Waals surface area contributed by atoms with Crippen molar-refractivity contribution >= 4 is 78.8 Å². The van der Waals surface area contributed by atoms with Crippen molar-refractivity contribution < 1.29 is 0 Å². The summed E-state index contributed by atoms with van der Waals surface area (Å²) in [5.41, 5.74) is 26.7. The van der Waals surface area contributed by atoms with Crippen LogP contribution in [0.1, 0.15) is 105 Å². The maximum atomic E-state index is 5.83. The van der Waals surface area contributed by atoms with Crippen LogP contribution in [0.4, 0.5) is 34.1 Å². The zero-order chi connectivity index (χ0) is 60.3. The molecule has 87 heavy (non-hydrogen) atoms. The van der Waals surface area contributed by atoms with Crippen molar-refractivity contribution in [3.05, 3.63) is 265 Å². The van der Waals surface area contributed by atoms with Gasteiger partial charge in [0.2, 0.25) is 0 Å². The second-order valence-corrected chi connectivity index (χ2v) is 28.6. The third-order valence-corrected chi connectivity index (χ3v) is 18.3. The lowest BCUT2D eigenvalue weighted by Gasteiger charge is -2.44. The molecule has 0 spiro atoms. The molecule has 0 fully saturated rings. The quantitative estimate of drug-likeness (QED) is 0.148. The molecule has 0 N–H and O–H groups in total. The Hall–Kier alpha value is -9.25. The molecule has 426 valence electrons. The van der Waals surface area contributed by atoms with Gasteiger partial charge in [0.25, 0.3) is 6.71 Å². The minimum Gasteiger partial charge on any atom is -0.311 e. The summed E-state index contributed by atoms with van der Waals surface area (Å²) in [6.07, 6.45) is 0. The number of nitrogens with zero attached hydrogens (tertiary/aromatic N) is 3. The fraction of sp³-hybridized carbons (Fsp3) is 0.193. The Morgan fingerprint density at radius 1 is 0.264 bits per heavy atom. The van der Waals surface area contributed by atoms with Gasteiger partial charge in [-0.3, -0.25) is 0 Å². The van der Waals surface area contributed by atoms with E-state index in [9.17, 15) is 0 Å². The van der Waals surface area contributed by atoms with Crippen LogP contribution in [0.2, 0.25) is 0 Å². The molecule has 0 saturated carbocycles. The van der Waals surface area contributed by atoms with Crippen LogP contribution in [0.15, 0.2) is 243 Å². The number of aromatic nitrogens is 1. The fourth-order valence-electron chi connectivity index (χ4n) is 13.2. The van der Waals surface area contributed by atoms with Crippen molar-refractivity contribution in [2.75, 3.05) is 9.80 Å². The molecule has 0 atom stereocenters. The molecule has 11 aromatic carbocycles. The highest BCUT2D eigenvalue weighted by molar-refractivity contribution is 7.00. The first-order chi connectivity index (χ1) is 41.6. The second kappa shape index (κ2) is 20.7. The van der Waals surface area contributed by atoms with Gasteiger partial charge in [-0.15, -0.1) is 0 Å². The summed E-state index contributed by atoms with van der Waals surface area (Å²) in [5, 5.41) is 4.87. The van der Waals surface area contributed by atoms with E-state index in [0.29, 0.717) is 0 Å². The van der Waals surface area contributed by atoms with E-state index in [-0.39, 0.29) is 28.4 Å². The van der Waals surface area contributed by atoms with Crippen LogP contribution < -0.4 is 26.2 Å². The number of rotatable bonds is 7. The van der Waals surface area contributed by atoms with Crippen LogP contribution in [-0.2, 0) is 21.7 Å². The van der Waals surface area contributed by atoms with Crippen molar-refractivity contribution in [2.45, 2.75) is 105 Å². The van der Waals surface area contributed by atoms with Gasteiger partial charge in [0.15, 0.2) is 0 Å². The molecule has 2 aliphatic rings. The summed E-state index contributed by atoms with van der Waals surface area (Å²) in [6, 6.07) is 91.9. The maximum absolute atomic E-state index is 5.83. The van der Waals surface area contributed by atoms with Crippen LogP contribution in [0, 0.1) is 0 Å². The number of anilines is 6. The Bertz CT molecular complexity index is 4290. The smallest absolute Gasteiger partial charge is 0.252 e. The van der Waals surface area contributed by atoms with E-state index < -0.39 is 0 Å². The predicted molar refractivity (Wildman–Crippen MR) is 375 cm³/mol. The lowest BCUT2D eigenvalue weighted by Crippen LogP contribution is -2.61. The lowest BCUT2D eigenvalue weighted by molar-refractivity contribution is 0.568. The van der Waals surface area contributed by atoms with Gasteiger partial charge in [0, 0.05) is 45.3 Å². The largest absolute Gasteiger partial charge is 0.311 e. The van der Waals surface area contributed by atoms with E-state index in [1.54, 1.807) is 0 Å². The molecule has 0 unspecified atom stereocenters. The summed E-state index contributed by atoms with van der Waals surface area (Å²) in [6.45, 7) is 27.8. The third kappa shape index (κ3) is 10.2. The van der Waals surface area contributed by atoms with Gasteiger partial charge in [-0.25, -0.2) is 4.98 Å². The van der Waals surface area contributed by atoms with Gasteiger partial charge >= 0.3 is 0 Å². The fourth-order valence-corrected chi connectivity index (χ4v) is 13.2. The second-order valence-electron chi connectivity index (χ2n) is 28.6. The zero-order valence-corrected chi connectivity index (χ0v) is 52.5. The summed E-state index contributed by atoms with van der Waals surface area (Å²) in [5.74, 6) is 0. The van der Waals surface area contributed by atoms with Crippen molar-refractivity contribution in [3.8, 4) is 55.9 Å². The van der Waals surface area contributed by atoms with Gasteiger partial charge in [0.1, 0.15) is 0 Å².